The number of hydrogen-bond acceptors (Lipinski definition) is 5. The van der Waals surface area contributed by atoms with Gasteiger partial charge in [-0.25, -0.2) is 15.8 Å². The Morgan fingerprint density at radius 3 is 2.70 bits per heavy atom. The van der Waals surface area contributed by atoms with Crippen LogP contribution in [0.4, 0.5) is 5.82 Å². The van der Waals surface area contributed by atoms with E-state index in [-0.39, 0.29) is 0 Å². The van der Waals surface area contributed by atoms with Gasteiger partial charge in [-0.15, -0.1) is 0 Å². The average molecular weight is 337 g/mol. The van der Waals surface area contributed by atoms with Gasteiger partial charge >= 0.3 is 0 Å². The number of ether oxygens (including phenoxy) is 1. The minimum Gasteiger partial charge on any atom is -0.437 e. The van der Waals surface area contributed by atoms with Crippen molar-refractivity contribution < 1.29 is 4.74 Å². The van der Waals surface area contributed by atoms with E-state index in [1.54, 1.807) is 0 Å². The van der Waals surface area contributed by atoms with Crippen LogP contribution in [-0.4, -0.2) is 9.97 Å². The van der Waals surface area contributed by atoms with Gasteiger partial charge in [0.15, 0.2) is 5.82 Å². The number of halogens is 1. The number of nitrogens with one attached hydrogen (secondary N) is 1. The zero-order valence-electron chi connectivity index (χ0n) is 11.6. The number of hydrogen-bond donors (Lipinski definition) is 2. The van der Waals surface area contributed by atoms with E-state index in [4.69, 9.17) is 10.6 Å². The fourth-order valence-corrected chi connectivity index (χ4v) is 2.24. The average Bonchev–Trinajstić information content (AvgIpc) is 2.41. The summed E-state index contributed by atoms with van der Waals surface area (Å²) in [6.45, 7) is 6.28. The molecular weight excluding hydrogens is 320 g/mol. The molecule has 1 heterocycles. The summed E-state index contributed by atoms with van der Waals surface area (Å²) in [7, 11) is 0. The Bertz CT molecular complexity index is 616. The van der Waals surface area contributed by atoms with Crippen LogP contribution in [0.15, 0.2) is 29.0 Å². The van der Waals surface area contributed by atoms with E-state index in [1.807, 2.05) is 13.0 Å². The van der Waals surface area contributed by atoms with Crippen LogP contribution >= 0.6 is 15.9 Å². The van der Waals surface area contributed by atoms with Crippen molar-refractivity contribution in [3.8, 4) is 11.6 Å². The number of nitrogens with zero attached hydrogens (tertiary/aromatic N) is 2. The van der Waals surface area contributed by atoms with Crippen molar-refractivity contribution in [1.82, 2.24) is 9.97 Å². The van der Waals surface area contributed by atoms with Gasteiger partial charge in [-0.2, -0.15) is 0 Å². The third-order valence-corrected chi connectivity index (χ3v) is 3.61. The van der Waals surface area contributed by atoms with E-state index in [2.05, 4.69) is 57.3 Å². The Balaban J connectivity index is 2.42. The van der Waals surface area contributed by atoms with Gasteiger partial charge in [0.25, 0.3) is 0 Å². The van der Waals surface area contributed by atoms with Crippen LogP contribution in [0, 0.1) is 6.92 Å². The maximum absolute atomic E-state index is 5.93. The van der Waals surface area contributed by atoms with Gasteiger partial charge in [0.1, 0.15) is 16.5 Å². The molecule has 6 heteroatoms. The van der Waals surface area contributed by atoms with Crippen LogP contribution in [0.1, 0.15) is 30.9 Å². The molecule has 0 aliphatic rings. The van der Waals surface area contributed by atoms with Crippen LogP contribution < -0.4 is 16.0 Å². The molecule has 0 aliphatic heterocycles. The van der Waals surface area contributed by atoms with Gasteiger partial charge in [-0.05, 0) is 46.0 Å². The molecule has 0 bridgehead atoms. The maximum atomic E-state index is 5.93. The molecule has 0 saturated heterocycles. The van der Waals surface area contributed by atoms with Crippen LogP contribution in [0.2, 0.25) is 0 Å². The van der Waals surface area contributed by atoms with E-state index < -0.39 is 0 Å². The standard InChI is InChI=1S/C14H17BrN4O/c1-8(2)10-5-4-9(3)6-11(10)20-14-12(15)13(19-16)17-7-18-14/h4-8H,16H2,1-3H3,(H,17,18,19). The lowest BCUT2D eigenvalue weighted by atomic mass is 10.0. The summed E-state index contributed by atoms with van der Waals surface area (Å²) in [5, 5.41) is 0. The molecule has 20 heavy (non-hydrogen) atoms. The molecule has 0 amide bonds. The molecular formula is C14H17BrN4O. The van der Waals surface area contributed by atoms with E-state index in [9.17, 15) is 0 Å². The van der Waals surface area contributed by atoms with Gasteiger partial charge in [0, 0.05) is 0 Å². The number of anilines is 1. The first-order valence-electron chi connectivity index (χ1n) is 6.28. The zero-order valence-corrected chi connectivity index (χ0v) is 13.2. The number of nitrogens with two attached hydrogens (primary N) is 1. The molecule has 3 N–H and O–H groups in total. The van der Waals surface area contributed by atoms with Gasteiger partial charge in [-0.1, -0.05) is 26.0 Å². The Labute approximate surface area is 126 Å². The van der Waals surface area contributed by atoms with Crippen LogP contribution in [0.25, 0.3) is 0 Å². The Hall–Kier alpha value is -1.66. The summed E-state index contributed by atoms with van der Waals surface area (Å²) in [6.07, 6.45) is 1.40. The highest BCUT2D eigenvalue weighted by Gasteiger charge is 2.14. The monoisotopic (exact) mass is 336 g/mol. The first-order chi connectivity index (χ1) is 9.52. The number of hydrazine groups is 1. The first-order valence-corrected chi connectivity index (χ1v) is 7.07. The summed E-state index contributed by atoms with van der Waals surface area (Å²) >= 11 is 3.39. The Morgan fingerprint density at radius 1 is 1.30 bits per heavy atom. The van der Waals surface area contributed by atoms with Gasteiger partial charge in [0.2, 0.25) is 5.88 Å². The van der Waals surface area contributed by atoms with Crippen molar-refractivity contribution in [2.45, 2.75) is 26.7 Å². The molecule has 0 unspecified atom stereocenters. The second kappa shape index (κ2) is 6.19. The molecule has 0 aliphatic carbocycles. The van der Waals surface area contributed by atoms with Crippen LogP contribution in [0.5, 0.6) is 11.6 Å². The summed E-state index contributed by atoms with van der Waals surface area (Å²) in [6, 6.07) is 6.15. The van der Waals surface area contributed by atoms with E-state index >= 15 is 0 Å². The van der Waals surface area contributed by atoms with Crippen molar-refractivity contribution in [2.75, 3.05) is 5.43 Å². The summed E-state index contributed by atoms with van der Waals surface area (Å²) < 4.78 is 6.53. The van der Waals surface area contributed by atoms with Crippen LogP contribution in [0.3, 0.4) is 0 Å². The number of rotatable bonds is 4. The van der Waals surface area contributed by atoms with Crippen molar-refractivity contribution in [1.29, 1.82) is 0 Å². The first kappa shape index (κ1) is 14.7. The molecule has 0 atom stereocenters. The Kier molecular flexibility index (Phi) is 4.57. The van der Waals surface area contributed by atoms with E-state index in [1.165, 1.54) is 6.33 Å². The number of aryl methyl sites for hydroxylation is 1. The molecule has 5 nitrogen and oxygen atoms in total. The normalized spacial score (nSPS) is 10.7. The highest BCUT2D eigenvalue weighted by Crippen LogP contribution is 2.35. The summed E-state index contributed by atoms with van der Waals surface area (Å²) in [5.41, 5.74) is 4.75. The molecule has 0 saturated carbocycles. The lowest BCUT2D eigenvalue weighted by Crippen LogP contribution is -2.10. The number of benzene rings is 1. The molecule has 1 aromatic carbocycles. The minimum absolute atomic E-state index is 0.360. The van der Waals surface area contributed by atoms with Gasteiger partial charge in [0.05, 0.1) is 0 Å². The van der Waals surface area contributed by atoms with E-state index in [0.29, 0.717) is 22.1 Å². The summed E-state index contributed by atoms with van der Waals surface area (Å²) in [4.78, 5) is 8.14. The highest BCUT2D eigenvalue weighted by atomic mass is 79.9. The second-order valence-electron chi connectivity index (χ2n) is 4.78. The fraction of sp³-hybridized carbons (Fsp3) is 0.286. The Morgan fingerprint density at radius 2 is 2.05 bits per heavy atom. The molecule has 1 aromatic heterocycles. The largest absolute Gasteiger partial charge is 0.437 e. The van der Waals surface area contributed by atoms with Crippen LogP contribution in [-0.2, 0) is 0 Å². The third kappa shape index (κ3) is 3.08. The highest BCUT2D eigenvalue weighted by molar-refractivity contribution is 9.10. The SMILES string of the molecule is Cc1ccc(C(C)C)c(Oc2ncnc(NN)c2Br)c1. The third-order valence-electron chi connectivity index (χ3n) is 2.89. The van der Waals surface area contributed by atoms with E-state index in [0.717, 1.165) is 16.9 Å². The fourth-order valence-electron chi connectivity index (χ4n) is 1.84. The molecule has 0 radical (unpaired) electrons. The number of nitrogen functional groups attached to an aromatic ring is 1. The predicted octanol–water partition coefficient (Wildman–Crippen LogP) is 3.75. The lowest BCUT2D eigenvalue weighted by molar-refractivity contribution is 0.450. The maximum Gasteiger partial charge on any atom is 0.238 e. The minimum atomic E-state index is 0.360. The van der Waals surface area contributed by atoms with Crippen molar-refractivity contribution in [3.63, 3.8) is 0 Å². The van der Waals surface area contributed by atoms with Crippen molar-refractivity contribution in [2.24, 2.45) is 5.84 Å². The topological polar surface area (TPSA) is 73.1 Å². The molecule has 2 aromatic rings. The molecule has 106 valence electrons. The molecule has 0 spiro atoms. The van der Waals surface area contributed by atoms with Crippen molar-refractivity contribution in [3.05, 3.63) is 40.1 Å². The lowest BCUT2D eigenvalue weighted by Gasteiger charge is -2.15. The van der Waals surface area contributed by atoms with Gasteiger partial charge in [-0.3, -0.25) is 0 Å². The molecule has 0 fully saturated rings. The van der Waals surface area contributed by atoms with Crippen molar-refractivity contribution >= 4 is 21.7 Å². The number of aromatic nitrogens is 2. The quantitative estimate of drug-likeness (QED) is 0.657. The van der Waals surface area contributed by atoms with Gasteiger partial charge < -0.3 is 10.2 Å². The zero-order chi connectivity index (χ0) is 14.7. The smallest absolute Gasteiger partial charge is 0.238 e. The predicted molar refractivity (Wildman–Crippen MR) is 82.9 cm³/mol. The second-order valence-corrected chi connectivity index (χ2v) is 5.58. The molecule has 2 rings (SSSR count). The summed E-state index contributed by atoms with van der Waals surface area (Å²) in [5.74, 6) is 7.45.